The second-order valence-electron chi connectivity index (χ2n) is 5.14. The number of ether oxygens (including phenoxy) is 1. The van der Waals surface area contributed by atoms with Gasteiger partial charge in [0.1, 0.15) is 0 Å². The Kier molecular flexibility index (Phi) is 5.90. The average Bonchev–Trinajstić information content (AvgIpc) is 2.45. The third-order valence-corrected chi connectivity index (χ3v) is 3.72. The van der Waals surface area contributed by atoms with E-state index < -0.39 is 0 Å². The number of carbonyl (C=O) groups excluding carboxylic acids is 1. The molecule has 0 unspecified atom stereocenters. The van der Waals surface area contributed by atoms with Gasteiger partial charge in [0, 0.05) is 26.2 Å². The van der Waals surface area contributed by atoms with E-state index in [1.54, 1.807) is 0 Å². The van der Waals surface area contributed by atoms with Crippen molar-refractivity contribution in [3.8, 4) is 0 Å². The third kappa shape index (κ3) is 4.55. The maximum Gasteiger partial charge on any atom is 0.224 e. The average molecular weight is 255 g/mol. The van der Waals surface area contributed by atoms with Crippen molar-refractivity contribution in [1.29, 1.82) is 0 Å². The number of amides is 1. The van der Waals surface area contributed by atoms with Gasteiger partial charge in [0.25, 0.3) is 0 Å². The van der Waals surface area contributed by atoms with Crippen LogP contribution in [0.3, 0.4) is 0 Å². The Morgan fingerprint density at radius 3 is 2.94 bits per heavy atom. The summed E-state index contributed by atoms with van der Waals surface area (Å²) in [5.74, 6) is 0.409. The molecule has 2 fully saturated rings. The maximum atomic E-state index is 11.9. The monoisotopic (exact) mass is 255 g/mol. The SMILES string of the molecule is O=C(NCCCN1CCOCC1)[C@H]1CCCNC1. The van der Waals surface area contributed by atoms with E-state index in [0.717, 1.165) is 71.7 Å². The molecule has 2 heterocycles. The van der Waals surface area contributed by atoms with Crippen molar-refractivity contribution < 1.29 is 9.53 Å². The summed E-state index contributed by atoms with van der Waals surface area (Å²) in [5, 5.41) is 6.33. The lowest BCUT2D eigenvalue weighted by Gasteiger charge is -2.26. The lowest BCUT2D eigenvalue weighted by atomic mass is 9.99. The van der Waals surface area contributed by atoms with Gasteiger partial charge < -0.3 is 15.4 Å². The first kappa shape index (κ1) is 13.8. The second kappa shape index (κ2) is 7.71. The van der Waals surface area contributed by atoms with E-state index in [1.165, 1.54) is 0 Å². The molecule has 2 N–H and O–H groups in total. The van der Waals surface area contributed by atoms with Gasteiger partial charge in [-0.15, -0.1) is 0 Å². The molecule has 2 aliphatic heterocycles. The summed E-state index contributed by atoms with van der Waals surface area (Å²) in [7, 11) is 0. The minimum absolute atomic E-state index is 0.183. The van der Waals surface area contributed by atoms with Crippen LogP contribution in [-0.4, -0.2) is 63.3 Å². The molecule has 2 aliphatic rings. The van der Waals surface area contributed by atoms with Crippen LogP contribution in [-0.2, 0) is 9.53 Å². The third-order valence-electron chi connectivity index (χ3n) is 3.72. The van der Waals surface area contributed by atoms with Crippen molar-refractivity contribution in [3.63, 3.8) is 0 Å². The normalized spacial score (nSPS) is 25.9. The Morgan fingerprint density at radius 1 is 1.39 bits per heavy atom. The molecule has 0 aromatic carbocycles. The minimum Gasteiger partial charge on any atom is -0.379 e. The molecule has 0 aromatic heterocycles. The van der Waals surface area contributed by atoms with Gasteiger partial charge in [-0.1, -0.05) is 0 Å². The van der Waals surface area contributed by atoms with Gasteiger partial charge in [-0.25, -0.2) is 0 Å². The van der Waals surface area contributed by atoms with Gasteiger partial charge in [-0.05, 0) is 32.4 Å². The van der Waals surface area contributed by atoms with Crippen LogP contribution in [0.2, 0.25) is 0 Å². The zero-order chi connectivity index (χ0) is 12.6. The minimum atomic E-state index is 0.183. The first-order valence-electron chi connectivity index (χ1n) is 7.15. The fourth-order valence-corrected chi connectivity index (χ4v) is 2.56. The van der Waals surface area contributed by atoms with E-state index >= 15 is 0 Å². The Bertz CT molecular complexity index is 249. The molecule has 2 rings (SSSR count). The Hall–Kier alpha value is -0.650. The molecule has 0 aliphatic carbocycles. The molecule has 0 radical (unpaired) electrons. The van der Waals surface area contributed by atoms with E-state index in [0.29, 0.717) is 0 Å². The Morgan fingerprint density at radius 2 is 2.22 bits per heavy atom. The Labute approximate surface area is 109 Å². The summed E-state index contributed by atoms with van der Waals surface area (Å²) in [6.07, 6.45) is 3.18. The highest BCUT2D eigenvalue weighted by molar-refractivity contribution is 5.78. The predicted molar refractivity (Wildman–Crippen MR) is 70.5 cm³/mol. The highest BCUT2D eigenvalue weighted by Crippen LogP contribution is 2.09. The summed E-state index contributed by atoms with van der Waals surface area (Å²) in [6, 6.07) is 0. The molecule has 2 saturated heterocycles. The summed E-state index contributed by atoms with van der Waals surface area (Å²) < 4.78 is 5.31. The van der Waals surface area contributed by atoms with Crippen LogP contribution >= 0.6 is 0 Å². The van der Waals surface area contributed by atoms with Crippen LogP contribution in [0.4, 0.5) is 0 Å². The Balaban J connectivity index is 1.52. The van der Waals surface area contributed by atoms with Crippen LogP contribution < -0.4 is 10.6 Å². The van der Waals surface area contributed by atoms with E-state index in [9.17, 15) is 4.79 Å². The summed E-state index contributed by atoms with van der Waals surface area (Å²) >= 11 is 0. The number of nitrogens with zero attached hydrogens (tertiary/aromatic N) is 1. The largest absolute Gasteiger partial charge is 0.379 e. The molecule has 104 valence electrons. The molecule has 0 saturated carbocycles. The molecule has 1 atom stereocenters. The highest BCUT2D eigenvalue weighted by atomic mass is 16.5. The predicted octanol–water partition coefficient (Wildman–Crippen LogP) is -0.175. The maximum absolute atomic E-state index is 11.9. The van der Waals surface area contributed by atoms with Crippen molar-refractivity contribution in [2.75, 3.05) is 52.5 Å². The van der Waals surface area contributed by atoms with Gasteiger partial charge in [0.05, 0.1) is 19.1 Å². The fraction of sp³-hybridized carbons (Fsp3) is 0.923. The number of hydrogen-bond donors (Lipinski definition) is 2. The number of carbonyl (C=O) groups is 1. The first-order valence-corrected chi connectivity index (χ1v) is 7.15. The van der Waals surface area contributed by atoms with E-state index in [-0.39, 0.29) is 11.8 Å². The number of piperidine rings is 1. The zero-order valence-corrected chi connectivity index (χ0v) is 11.1. The number of nitrogens with one attached hydrogen (secondary N) is 2. The molecule has 0 aromatic rings. The van der Waals surface area contributed by atoms with Crippen molar-refractivity contribution in [2.24, 2.45) is 5.92 Å². The standard InChI is InChI=1S/C13H25N3O2/c17-13(12-3-1-4-14-11-12)15-5-2-6-16-7-9-18-10-8-16/h12,14H,1-11H2,(H,15,17)/t12-/m0/s1. The molecular formula is C13H25N3O2. The van der Waals surface area contributed by atoms with Gasteiger partial charge in [-0.2, -0.15) is 0 Å². The summed E-state index contributed by atoms with van der Waals surface area (Å²) in [4.78, 5) is 14.3. The summed E-state index contributed by atoms with van der Waals surface area (Å²) in [6.45, 7) is 7.51. The zero-order valence-electron chi connectivity index (χ0n) is 11.1. The molecule has 5 heteroatoms. The smallest absolute Gasteiger partial charge is 0.224 e. The van der Waals surface area contributed by atoms with Crippen LogP contribution in [0.15, 0.2) is 0 Å². The second-order valence-corrected chi connectivity index (χ2v) is 5.14. The van der Waals surface area contributed by atoms with Gasteiger partial charge in [0.2, 0.25) is 5.91 Å². The molecular weight excluding hydrogens is 230 g/mol. The fourth-order valence-electron chi connectivity index (χ4n) is 2.56. The van der Waals surface area contributed by atoms with Crippen LogP contribution in [0.1, 0.15) is 19.3 Å². The number of morpholine rings is 1. The molecule has 1 amide bonds. The quantitative estimate of drug-likeness (QED) is 0.670. The first-order chi connectivity index (χ1) is 8.86. The van der Waals surface area contributed by atoms with Crippen molar-refractivity contribution >= 4 is 5.91 Å². The van der Waals surface area contributed by atoms with Crippen molar-refractivity contribution in [3.05, 3.63) is 0 Å². The van der Waals surface area contributed by atoms with Crippen molar-refractivity contribution in [1.82, 2.24) is 15.5 Å². The van der Waals surface area contributed by atoms with Gasteiger partial charge >= 0.3 is 0 Å². The van der Waals surface area contributed by atoms with Gasteiger partial charge in [0.15, 0.2) is 0 Å². The highest BCUT2D eigenvalue weighted by Gasteiger charge is 2.20. The lowest BCUT2D eigenvalue weighted by Crippen LogP contribution is -2.42. The molecule has 0 spiro atoms. The van der Waals surface area contributed by atoms with Crippen molar-refractivity contribution in [2.45, 2.75) is 19.3 Å². The summed E-state index contributed by atoms with van der Waals surface area (Å²) in [5.41, 5.74) is 0. The number of rotatable bonds is 5. The number of hydrogen-bond acceptors (Lipinski definition) is 4. The van der Waals surface area contributed by atoms with Crippen LogP contribution in [0.25, 0.3) is 0 Å². The molecule has 0 bridgehead atoms. The van der Waals surface area contributed by atoms with Gasteiger partial charge in [-0.3, -0.25) is 9.69 Å². The molecule has 5 nitrogen and oxygen atoms in total. The van der Waals surface area contributed by atoms with E-state index in [4.69, 9.17) is 4.74 Å². The van der Waals surface area contributed by atoms with Crippen LogP contribution in [0.5, 0.6) is 0 Å². The molecule has 18 heavy (non-hydrogen) atoms. The van der Waals surface area contributed by atoms with E-state index in [2.05, 4.69) is 15.5 Å². The van der Waals surface area contributed by atoms with E-state index in [1.807, 2.05) is 0 Å². The van der Waals surface area contributed by atoms with Crippen LogP contribution in [0, 0.1) is 5.92 Å². The topological polar surface area (TPSA) is 53.6 Å². The lowest BCUT2D eigenvalue weighted by molar-refractivity contribution is -0.125.